The van der Waals surface area contributed by atoms with Crippen molar-refractivity contribution in [1.82, 2.24) is 9.13 Å². The molecule has 0 saturated carbocycles. The lowest BCUT2D eigenvalue weighted by atomic mass is 10.0. The molecular formula is C44H28N2. The lowest BCUT2D eigenvalue weighted by Crippen LogP contribution is -1.95. The lowest BCUT2D eigenvalue weighted by molar-refractivity contribution is 1.18. The number of para-hydroxylation sites is 2. The molecule has 8 aromatic carbocycles. The van der Waals surface area contributed by atoms with Gasteiger partial charge in [-0.3, -0.25) is 0 Å². The number of benzene rings is 8. The van der Waals surface area contributed by atoms with Crippen molar-refractivity contribution < 1.29 is 0 Å². The Hall–Kier alpha value is -6.12. The first-order chi connectivity index (χ1) is 22.8. The standard InChI is InChI=1S/C44H28N2/c1-3-11-29(12-4-1)33-20-19-30-21-22-36(26-34(30)25-33)45-40-18-10-9-17-38(40)43-41(45)24-23-37-39-27-31-13-7-8-14-32(31)28-42(39)46(44(37)43)35-15-5-2-6-16-35/h1-28H. The van der Waals surface area contributed by atoms with Crippen molar-refractivity contribution in [3.8, 4) is 22.5 Å². The molecule has 46 heavy (non-hydrogen) atoms. The van der Waals surface area contributed by atoms with Crippen LogP contribution in [0, 0.1) is 0 Å². The normalized spacial score (nSPS) is 11.9. The maximum Gasteiger partial charge on any atom is 0.0641 e. The lowest BCUT2D eigenvalue weighted by Gasteiger charge is -2.11. The fourth-order valence-corrected chi connectivity index (χ4v) is 7.55. The smallest absolute Gasteiger partial charge is 0.0641 e. The Kier molecular flexibility index (Phi) is 5.31. The summed E-state index contributed by atoms with van der Waals surface area (Å²) >= 11 is 0. The third kappa shape index (κ3) is 3.65. The van der Waals surface area contributed by atoms with Crippen molar-refractivity contribution in [2.75, 3.05) is 0 Å². The van der Waals surface area contributed by atoms with E-state index in [4.69, 9.17) is 0 Å². The van der Waals surface area contributed by atoms with Crippen molar-refractivity contribution in [2.45, 2.75) is 0 Å². The Labute approximate surface area is 266 Å². The van der Waals surface area contributed by atoms with Crippen molar-refractivity contribution in [3.63, 3.8) is 0 Å². The number of aromatic nitrogens is 2. The zero-order valence-electron chi connectivity index (χ0n) is 25.1. The predicted molar refractivity (Wildman–Crippen MR) is 196 cm³/mol. The van der Waals surface area contributed by atoms with Gasteiger partial charge in [0.25, 0.3) is 0 Å². The molecule has 0 aliphatic rings. The van der Waals surface area contributed by atoms with Crippen molar-refractivity contribution in [2.24, 2.45) is 0 Å². The summed E-state index contributed by atoms with van der Waals surface area (Å²) in [6.07, 6.45) is 0. The van der Waals surface area contributed by atoms with Crippen molar-refractivity contribution in [3.05, 3.63) is 170 Å². The Bertz CT molecular complexity index is 2780. The van der Waals surface area contributed by atoms with Gasteiger partial charge < -0.3 is 9.13 Å². The van der Waals surface area contributed by atoms with E-state index in [0.717, 1.165) is 5.69 Å². The molecule has 2 aromatic heterocycles. The monoisotopic (exact) mass is 584 g/mol. The summed E-state index contributed by atoms with van der Waals surface area (Å²) in [6, 6.07) is 62.0. The fourth-order valence-electron chi connectivity index (χ4n) is 7.55. The van der Waals surface area contributed by atoms with Crippen LogP contribution in [0.25, 0.3) is 87.7 Å². The van der Waals surface area contributed by atoms with E-state index in [0.29, 0.717) is 0 Å². The second-order valence-electron chi connectivity index (χ2n) is 12.2. The van der Waals surface area contributed by atoms with Crippen LogP contribution in [0.5, 0.6) is 0 Å². The number of hydrogen-bond acceptors (Lipinski definition) is 0. The topological polar surface area (TPSA) is 9.86 Å². The Morgan fingerprint density at radius 3 is 1.87 bits per heavy atom. The number of hydrogen-bond donors (Lipinski definition) is 0. The van der Waals surface area contributed by atoms with Crippen LogP contribution in [0.1, 0.15) is 0 Å². The molecule has 0 fully saturated rings. The summed E-state index contributed by atoms with van der Waals surface area (Å²) in [5, 5.41) is 10.1. The first-order valence-electron chi connectivity index (χ1n) is 15.9. The molecule has 0 saturated heterocycles. The fraction of sp³-hybridized carbons (Fsp3) is 0. The van der Waals surface area contributed by atoms with Gasteiger partial charge in [0.15, 0.2) is 0 Å². The quantitative estimate of drug-likeness (QED) is 0.195. The molecule has 214 valence electrons. The molecule has 0 aliphatic heterocycles. The molecular weight excluding hydrogens is 556 g/mol. The molecule has 0 unspecified atom stereocenters. The largest absolute Gasteiger partial charge is 0.309 e. The molecule has 10 rings (SSSR count). The summed E-state index contributed by atoms with van der Waals surface area (Å²) in [4.78, 5) is 0. The first kappa shape index (κ1) is 25.2. The second kappa shape index (κ2) is 9.69. The molecule has 0 radical (unpaired) electrons. The van der Waals surface area contributed by atoms with Gasteiger partial charge in [-0.05, 0) is 87.3 Å². The summed E-state index contributed by atoms with van der Waals surface area (Å²) < 4.78 is 4.92. The number of fused-ring (bicyclic) bond motifs is 9. The van der Waals surface area contributed by atoms with Gasteiger partial charge in [0.05, 0.1) is 22.1 Å². The highest BCUT2D eigenvalue weighted by Crippen LogP contribution is 2.43. The maximum atomic E-state index is 2.47. The van der Waals surface area contributed by atoms with Crippen molar-refractivity contribution >= 4 is 65.2 Å². The van der Waals surface area contributed by atoms with Crippen LogP contribution in [0.3, 0.4) is 0 Å². The average Bonchev–Trinajstić information content (AvgIpc) is 3.63. The minimum Gasteiger partial charge on any atom is -0.309 e. The van der Waals surface area contributed by atoms with E-state index in [1.165, 1.54) is 82.0 Å². The molecule has 2 heteroatoms. The summed E-state index contributed by atoms with van der Waals surface area (Å²) in [5.41, 5.74) is 9.68. The van der Waals surface area contributed by atoms with Crippen LogP contribution < -0.4 is 0 Å². The van der Waals surface area contributed by atoms with E-state index in [1.54, 1.807) is 0 Å². The zero-order chi connectivity index (χ0) is 30.2. The first-order valence-corrected chi connectivity index (χ1v) is 15.9. The van der Waals surface area contributed by atoms with Gasteiger partial charge in [0, 0.05) is 32.9 Å². The highest BCUT2D eigenvalue weighted by Gasteiger charge is 2.21. The number of rotatable bonds is 3. The Morgan fingerprint density at radius 2 is 1.02 bits per heavy atom. The van der Waals surface area contributed by atoms with E-state index in [1.807, 2.05) is 0 Å². The molecule has 2 nitrogen and oxygen atoms in total. The van der Waals surface area contributed by atoms with Gasteiger partial charge in [0.1, 0.15) is 0 Å². The minimum absolute atomic E-state index is 1.16. The van der Waals surface area contributed by atoms with Gasteiger partial charge in [-0.1, -0.05) is 115 Å². The van der Waals surface area contributed by atoms with Crippen molar-refractivity contribution in [1.29, 1.82) is 0 Å². The number of nitrogens with zero attached hydrogens (tertiary/aromatic N) is 2. The van der Waals surface area contributed by atoms with Gasteiger partial charge in [0.2, 0.25) is 0 Å². The molecule has 0 bridgehead atoms. The molecule has 2 heterocycles. The third-order valence-electron chi connectivity index (χ3n) is 9.63. The third-order valence-corrected chi connectivity index (χ3v) is 9.63. The zero-order valence-corrected chi connectivity index (χ0v) is 25.1. The molecule has 0 N–H and O–H groups in total. The van der Waals surface area contributed by atoms with Crippen LogP contribution in [-0.2, 0) is 0 Å². The summed E-state index contributed by atoms with van der Waals surface area (Å²) in [5.74, 6) is 0. The molecule has 10 aromatic rings. The van der Waals surface area contributed by atoms with Gasteiger partial charge in [-0.2, -0.15) is 0 Å². The Balaban J connectivity index is 1.32. The molecule has 0 amide bonds. The average molecular weight is 585 g/mol. The Morgan fingerprint density at radius 1 is 0.304 bits per heavy atom. The van der Waals surface area contributed by atoms with E-state index in [2.05, 4.69) is 179 Å². The van der Waals surface area contributed by atoms with E-state index < -0.39 is 0 Å². The van der Waals surface area contributed by atoms with Crippen LogP contribution >= 0.6 is 0 Å². The van der Waals surface area contributed by atoms with Gasteiger partial charge in [-0.25, -0.2) is 0 Å². The second-order valence-corrected chi connectivity index (χ2v) is 12.2. The predicted octanol–water partition coefficient (Wildman–Crippen LogP) is 11.9. The molecule has 0 spiro atoms. The highest BCUT2D eigenvalue weighted by molar-refractivity contribution is 6.27. The summed E-state index contributed by atoms with van der Waals surface area (Å²) in [7, 11) is 0. The minimum atomic E-state index is 1.16. The van der Waals surface area contributed by atoms with E-state index >= 15 is 0 Å². The van der Waals surface area contributed by atoms with Crippen LogP contribution in [-0.4, -0.2) is 9.13 Å². The highest BCUT2D eigenvalue weighted by atomic mass is 15.0. The summed E-state index contributed by atoms with van der Waals surface area (Å²) in [6.45, 7) is 0. The van der Waals surface area contributed by atoms with Crippen LogP contribution in [0.4, 0.5) is 0 Å². The van der Waals surface area contributed by atoms with E-state index in [9.17, 15) is 0 Å². The van der Waals surface area contributed by atoms with Crippen LogP contribution in [0.15, 0.2) is 170 Å². The SMILES string of the molecule is c1ccc(-c2ccc3ccc(-n4c5ccccc5c5c4ccc4c6cc7ccccc7cc6n(-c6ccccc6)c45)cc3c2)cc1. The van der Waals surface area contributed by atoms with Gasteiger partial charge in [-0.15, -0.1) is 0 Å². The van der Waals surface area contributed by atoms with Gasteiger partial charge >= 0.3 is 0 Å². The maximum absolute atomic E-state index is 2.47. The van der Waals surface area contributed by atoms with E-state index in [-0.39, 0.29) is 0 Å². The van der Waals surface area contributed by atoms with Crippen LogP contribution in [0.2, 0.25) is 0 Å². The molecule has 0 atom stereocenters. The molecule has 0 aliphatic carbocycles.